The topological polar surface area (TPSA) is 90.9 Å². The second-order valence-corrected chi connectivity index (χ2v) is 9.50. The Balaban J connectivity index is 2.48. The van der Waals surface area contributed by atoms with E-state index in [1.54, 1.807) is 26.0 Å². The molecule has 0 heterocycles. The lowest BCUT2D eigenvalue weighted by atomic mass is 10.1. The molecule has 0 aliphatic rings. The third-order valence-electron chi connectivity index (χ3n) is 6.08. The summed E-state index contributed by atoms with van der Waals surface area (Å²) in [5, 5.41) is 2.69. The highest BCUT2D eigenvalue weighted by molar-refractivity contribution is 6.00. The van der Waals surface area contributed by atoms with Crippen LogP contribution in [0.3, 0.4) is 0 Å². The number of nitrogens with one attached hydrogen (secondary N) is 1. The molecule has 0 saturated carbocycles. The molecule has 1 amide bonds. The van der Waals surface area contributed by atoms with Crippen LogP contribution in [0.4, 0.5) is 0 Å². The largest absolute Gasteiger partial charge is 0.462 e. The van der Waals surface area contributed by atoms with Crippen LogP contribution in [-0.2, 0) is 19.1 Å². The number of benzene rings is 1. The zero-order chi connectivity index (χ0) is 30.9. The average molecular weight is 580 g/mol. The van der Waals surface area contributed by atoms with Crippen molar-refractivity contribution in [3.8, 4) is 5.75 Å². The first kappa shape index (κ1) is 36.3. The van der Waals surface area contributed by atoms with Gasteiger partial charge in [0.25, 0.3) is 5.91 Å². The van der Waals surface area contributed by atoms with E-state index in [9.17, 15) is 14.4 Å². The number of hydrogen-bond donors (Lipinski definition) is 1. The fourth-order valence-corrected chi connectivity index (χ4v) is 3.86. The zero-order valence-electron chi connectivity index (χ0n) is 25.8. The third kappa shape index (κ3) is 15.3. The predicted octanol–water partition coefficient (Wildman–Crippen LogP) is 7.95. The second kappa shape index (κ2) is 22.9. The van der Waals surface area contributed by atoms with Gasteiger partial charge in [-0.05, 0) is 70.4 Å². The molecule has 42 heavy (non-hydrogen) atoms. The van der Waals surface area contributed by atoms with Gasteiger partial charge in [-0.25, -0.2) is 4.79 Å². The summed E-state index contributed by atoms with van der Waals surface area (Å²) in [6.45, 7) is 7.25. The van der Waals surface area contributed by atoms with Gasteiger partial charge >= 0.3 is 11.9 Å². The lowest BCUT2D eigenvalue weighted by Gasteiger charge is -2.31. The molecule has 0 saturated heterocycles. The van der Waals surface area contributed by atoms with Gasteiger partial charge in [0.05, 0.1) is 18.8 Å². The molecule has 1 aromatic carbocycles. The van der Waals surface area contributed by atoms with Gasteiger partial charge in [-0.3, -0.25) is 9.59 Å². The molecule has 7 heteroatoms. The molecule has 0 aliphatic carbocycles. The van der Waals surface area contributed by atoms with Crippen molar-refractivity contribution >= 4 is 17.8 Å². The van der Waals surface area contributed by atoms with Crippen LogP contribution >= 0.6 is 0 Å². The number of rotatable bonds is 21. The standard InChI is InChI=1S/C35H49NO6/c1-5-8-9-10-11-12-13-14-15-16-17-18-19-20-21-22-23-26-29-41-35(6-2,34(39)40-7-3)36-33(38)31-27-24-25-28-32(31)42-30(4)37/h8-9,11-12,14-15,17-18,20-21,24-25,27-28H,5-7,10,13,16,19,22-23,26,29H2,1-4H3,(H,36,38)/b9-8-,12-11-,15-14-,18-17-,21-20-. The van der Waals surface area contributed by atoms with E-state index in [0.717, 1.165) is 44.9 Å². The predicted molar refractivity (Wildman–Crippen MR) is 169 cm³/mol. The lowest BCUT2D eigenvalue weighted by molar-refractivity contribution is -0.176. The number of para-hydroxylation sites is 1. The maximum atomic E-state index is 13.1. The zero-order valence-corrected chi connectivity index (χ0v) is 25.8. The van der Waals surface area contributed by atoms with Crippen molar-refractivity contribution in [1.29, 1.82) is 0 Å². The normalized spacial score (nSPS) is 13.4. The molecule has 0 bridgehead atoms. The Morgan fingerprint density at radius 2 is 1.36 bits per heavy atom. The van der Waals surface area contributed by atoms with Crippen LogP contribution in [-0.4, -0.2) is 36.8 Å². The van der Waals surface area contributed by atoms with Crippen LogP contribution in [0.25, 0.3) is 0 Å². The van der Waals surface area contributed by atoms with Crippen LogP contribution in [0.2, 0.25) is 0 Å². The minimum Gasteiger partial charge on any atom is -0.462 e. The van der Waals surface area contributed by atoms with E-state index in [1.165, 1.54) is 19.1 Å². The summed E-state index contributed by atoms with van der Waals surface area (Å²) in [7, 11) is 0. The van der Waals surface area contributed by atoms with Gasteiger partial charge in [0, 0.05) is 13.3 Å². The molecule has 1 atom stereocenters. The average Bonchev–Trinajstić information content (AvgIpc) is 2.97. The van der Waals surface area contributed by atoms with E-state index < -0.39 is 23.6 Å². The van der Waals surface area contributed by atoms with Crippen LogP contribution in [0, 0.1) is 0 Å². The van der Waals surface area contributed by atoms with E-state index >= 15 is 0 Å². The molecule has 1 rings (SSSR count). The van der Waals surface area contributed by atoms with Crippen molar-refractivity contribution in [2.75, 3.05) is 13.2 Å². The van der Waals surface area contributed by atoms with Crippen molar-refractivity contribution in [3.63, 3.8) is 0 Å². The van der Waals surface area contributed by atoms with Crippen molar-refractivity contribution in [3.05, 3.63) is 90.6 Å². The minimum absolute atomic E-state index is 0.105. The summed E-state index contributed by atoms with van der Waals surface area (Å²) in [5.74, 6) is -1.70. The number of unbranched alkanes of at least 4 members (excludes halogenated alkanes) is 2. The van der Waals surface area contributed by atoms with Gasteiger partial charge in [0.15, 0.2) is 0 Å². The fourth-order valence-electron chi connectivity index (χ4n) is 3.86. The summed E-state index contributed by atoms with van der Waals surface area (Å²) in [6.07, 6.45) is 29.2. The summed E-state index contributed by atoms with van der Waals surface area (Å²) < 4.78 is 16.4. The Labute approximate surface area is 252 Å². The molecular weight excluding hydrogens is 530 g/mol. The number of carbonyl (C=O) groups is 3. The van der Waals surface area contributed by atoms with Gasteiger partial charge in [0.2, 0.25) is 5.72 Å². The molecule has 230 valence electrons. The molecule has 1 N–H and O–H groups in total. The highest BCUT2D eigenvalue weighted by Gasteiger charge is 2.41. The summed E-state index contributed by atoms with van der Waals surface area (Å²) >= 11 is 0. The monoisotopic (exact) mass is 579 g/mol. The molecule has 0 aliphatic heterocycles. The van der Waals surface area contributed by atoms with Gasteiger partial charge in [-0.15, -0.1) is 0 Å². The highest BCUT2D eigenvalue weighted by atomic mass is 16.6. The van der Waals surface area contributed by atoms with Crippen LogP contribution in [0.15, 0.2) is 85.0 Å². The number of allylic oxidation sites excluding steroid dienone is 10. The van der Waals surface area contributed by atoms with Crippen LogP contribution in [0.1, 0.15) is 95.8 Å². The first-order valence-corrected chi connectivity index (χ1v) is 15.1. The Kier molecular flexibility index (Phi) is 19.8. The molecular formula is C35H49NO6. The van der Waals surface area contributed by atoms with E-state index in [-0.39, 0.29) is 30.9 Å². The Morgan fingerprint density at radius 3 is 1.90 bits per heavy atom. The van der Waals surface area contributed by atoms with Gasteiger partial charge in [-0.1, -0.05) is 86.7 Å². The third-order valence-corrected chi connectivity index (χ3v) is 6.08. The Morgan fingerprint density at radius 1 is 0.786 bits per heavy atom. The smallest absolute Gasteiger partial charge is 0.359 e. The number of amides is 1. The van der Waals surface area contributed by atoms with Gasteiger partial charge < -0.3 is 19.5 Å². The molecule has 1 unspecified atom stereocenters. The highest BCUT2D eigenvalue weighted by Crippen LogP contribution is 2.22. The quantitative estimate of drug-likeness (QED) is 0.0522. The van der Waals surface area contributed by atoms with Crippen molar-refractivity contribution in [2.24, 2.45) is 0 Å². The molecule has 0 radical (unpaired) electrons. The summed E-state index contributed by atoms with van der Waals surface area (Å²) in [6, 6.07) is 6.34. The van der Waals surface area contributed by atoms with Crippen LogP contribution in [0.5, 0.6) is 5.75 Å². The number of esters is 2. The number of ether oxygens (including phenoxy) is 3. The second-order valence-electron chi connectivity index (χ2n) is 9.50. The van der Waals surface area contributed by atoms with Crippen molar-refractivity contribution in [2.45, 2.75) is 91.2 Å². The molecule has 1 aromatic rings. The molecule has 0 aromatic heterocycles. The van der Waals surface area contributed by atoms with E-state index in [2.05, 4.69) is 73.0 Å². The Hall–Kier alpha value is -3.71. The van der Waals surface area contributed by atoms with Crippen molar-refractivity contribution in [1.82, 2.24) is 5.32 Å². The number of carbonyl (C=O) groups excluding carboxylic acids is 3. The van der Waals surface area contributed by atoms with E-state index in [0.29, 0.717) is 6.42 Å². The number of hydrogen-bond acceptors (Lipinski definition) is 6. The van der Waals surface area contributed by atoms with Crippen LogP contribution < -0.4 is 10.1 Å². The van der Waals surface area contributed by atoms with Gasteiger partial charge in [-0.2, -0.15) is 0 Å². The maximum Gasteiger partial charge on any atom is 0.359 e. The summed E-state index contributed by atoms with van der Waals surface area (Å²) in [4.78, 5) is 37.4. The molecule has 7 nitrogen and oxygen atoms in total. The van der Waals surface area contributed by atoms with Crippen molar-refractivity contribution < 1.29 is 28.6 Å². The lowest BCUT2D eigenvalue weighted by Crippen LogP contribution is -2.57. The first-order chi connectivity index (χ1) is 20.4. The maximum absolute atomic E-state index is 13.1. The SMILES string of the molecule is CC/C=C\C/C=C\C/C=C\C/C=C\C/C=C\CCCCOC(CC)(NC(=O)c1ccccc1OC(C)=O)C(=O)OCC. The first-order valence-electron chi connectivity index (χ1n) is 15.1. The fraction of sp³-hybridized carbons (Fsp3) is 0.457. The Bertz CT molecular complexity index is 1080. The van der Waals surface area contributed by atoms with E-state index in [1.807, 2.05) is 0 Å². The molecule has 0 spiro atoms. The summed E-state index contributed by atoms with van der Waals surface area (Å²) in [5.41, 5.74) is -1.52. The minimum atomic E-state index is -1.65. The molecule has 0 fully saturated rings. The van der Waals surface area contributed by atoms with E-state index in [4.69, 9.17) is 14.2 Å². The van der Waals surface area contributed by atoms with Gasteiger partial charge in [0.1, 0.15) is 5.75 Å².